The van der Waals surface area contributed by atoms with Crippen molar-refractivity contribution in [1.82, 2.24) is 4.72 Å². The summed E-state index contributed by atoms with van der Waals surface area (Å²) in [5.41, 5.74) is -0.291. The Morgan fingerprint density at radius 1 is 0.939 bits per heavy atom. The van der Waals surface area contributed by atoms with Crippen molar-refractivity contribution in [3.05, 3.63) is 78.1 Å². The summed E-state index contributed by atoms with van der Waals surface area (Å²) in [7, 11) is -2.61. The van der Waals surface area contributed by atoms with Gasteiger partial charge in [0.2, 0.25) is 10.0 Å². The maximum Gasteiger partial charge on any atom is 0.255 e. The molecular weight excluding hydrogens is 447 g/mol. The van der Waals surface area contributed by atoms with E-state index in [4.69, 9.17) is 9.47 Å². The number of amides is 1. The fourth-order valence-electron chi connectivity index (χ4n) is 3.00. The van der Waals surface area contributed by atoms with Gasteiger partial charge < -0.3 is 14.8 Å². The molecule has 2 N–H and O–H groups in total. The molecule has 0 aromatic heterocycles. The Morgan fingerprint density at radius 3 is 2.33 bits per heavy atom. The molecule has 174 valence electrons. The molecule has 33 heavy (non-hydrogen) atoms. The molecule has 0 spiro atoms. The summed E-state index contributed by atoms with van der Waals surface area (Å²) >= 11 is 0. The number of rotatable bonds is 7. The minimum absolute atomic E-state index is 0.102. The quantitative estimate of drug-likeness (QED) is 0.507. The summed E-state index contributed by atoms with van der Waals surface area (Å²) in [5.74, 6) is -0.335. The lowest BCUT2D eigenvalue weighted by molar-refractivity contribution is 0.102. The molecule has 3 aromatic rings. The molecule has 3 rings (SSSR count). The van der Waals surface area contributed by atoms with E-state index in [1.54, 1.807) is 51.1 Å². The van der Waals surface area contributed by atoms with E-state index in [9.17, 15) is 17.6 Å². The molecule has 0 heterocycles. The van der Waals surface area contributed by atoms with Crippen LogP contribution in [0, 0.1) is 5.82 Å². The lowest BCUT2D eigenvalue weighted by Crippen LogP contribution is -2.40. The largest absolute Gasteiger partial charge is 0.495 e. The van der Waals surface area contributed by atoms with Crippen molar-refractivity contribution in [3.8, 4) is 17.2 Å². The summed E-state index contributed by atoms with van der Waals surface area (Å²) in [4.78, 5) is 12.8. The predicted octanol–water partition coefficient (Wildman–Crippen LogP) is 4.96. The van der Waals surface area contributed by atoms with Crippen LogP contribution >= 0.6 is 0 Å². The van der Waals surface area contributed by atoms with E-state index < -0.39 is 27.3 Å². The van der Waals surface area contributed by atoms with E-state index in [1.165, 1.54) is 43.5 Å². The smallest absolute Gasteiger partial charge is 0.255 e. The van der Waals surface area contributed by atoms with Gasteiger partial charge in [-0.1, -0.05) is 18.2 Å². The summed E-state index contributed by atoms with van der Waals surface area (Å²) in [5, 5.41) is 2.71. The molecule has 0 saturated carbocycles. The molecule has 9 heteroatoms. The van der Waals surface area contributed by atoms with Crippen molar-refractivity contribution in [2.24, 2.45) is 0 Å². The molecule has 0 bridgehead atoms. The van der Waals surface area contributed by atoms with Crippen LogP contribution < -0.4 is 19.5 Å². The molecule has 0 aliphatic rings. The van der Waals surface area contributed by atoms with Crippen LogP contribution in [0.15, 0.2) is 71.6 Å². The third-order valence-electron chi connectivity index (χ3n) is 4.32. The number of ether oxygens (including phenoxy) is 2. The molecule has 3 aromatic carbocycles. The highest BCUT2D eigenvalue weighted by Crippen LogP contribution is 2.31. The Morgan fingerprint density at radius 2 is 1.67 bits per heavy atom. The van der Waals surface area contributed by atoms with Crippen molar-refractivity contribution in [2.75, 3.05) is 12.4 Å². The fourth-order valence-corrected chi connectivity index (χ4v) is 4.61. The first-order valence-corrected chi connectivity index (χ1v) is 11.5. The number of carbonyl (C=O) groups excluding carboxylic acids is 1. The van der Waals surface area contributed by atoms with Crippen molar-refractivity contribution in [2.45, 2.75) is 31.2 Å². The first-order chi connectivity index (χ1) is 15.5. The van der Waals surface area contributed by atoms with E-state index in [0.717, 1.165) is 0 Å². The minimum Gasteiger partial charge on any atom is -0.495 e. The number of carbonyl (C=O) groups is 1. The van der Waals surface area contributed by atoms with E-state index >= 15 is 0 Å². The van der Waals surface area contributed by atoms with Gasteiger partial charge in [-0.15, -0.1) is 0 Å². The Bertz CT molecular complexity index is 1270. The van der Waals surface area contributed by atoms with Crippen molar-refractivity contribution in [3.63, 3.8) is 0 Å². The summed E-state index contributed by atoms with van der Waals surface area (Å²) in [6.45, 7) is 5.13. The normalized spacial score (nSPS) is 11.7. The second-order valence-corrected chi connectivity index (χ2v) is 9.88. The van der Waals surface area contributed by atoms with Crippen molar-refractivity contribution in [1.29, 1.82) is 0 Å². The van der Waals surface area contributed by atoms with E-state index in [2.05, 4.69) is 10.0 Å². The zero-order valence-corrected chi connectivity index (χ0v) is 19.5. The highest BCUT2D eigenvalue weighted by atomic mass is 32.2. The molecule has 0 unspecified atom stereocenters. The Kier molecular flexibility index (Phi) is 7.04. The van der Waals surface area contributed by atoms with Gasteiger partial charge in [0.15, 0.2) is 5.75 Å². The van der Waals surface area contributed by atoms with Gasteiger partial charge in [-0.05, 0) is 63.2 Å². The van der Waals surface area contributed by atoms with Crippen LogP contribution in [0.2, 0.25) is 0 Å². The van der Waals surface area contributed by atoms with E-state index in [0.29, 0.717) is 11.4 Å². The number of nitrogens with one attached hydrogen (secondary N) is 2. The zero-order chi connectivity index (χ0) is 24.2. The third kappa shape index (κ3) is 6.30. The summed E-state index contributed by atoms with van der Waals surface area (Å²) in [6, 6.07) is 16.4. The van der Waals surface area contributed by atoms with E-state index in [-0.39, 0.29) is 22.0 Å². The Hall–Kier alpha value is -3.43. The van der Waals surface area contributed by atoms with Gasteiger partial charge in [-0.25, -0.2) is 17.5 Å². The lowest BCUT2D eigenvalue weighted by Gasteiger charge is -2.21. The first kappa shape index (κ1) is 24.2. The summed E-state index contributed by atoms with van der Waals surface area (Å²) < 4.78 is 52.7. The molecule has 0 aliphatic carbocycles. The van der Waals surface area contributed by atoms with Crippen LogP contribution in [-0.2, 0) is 10.0 Å². The fraction of sp³-hybridized carbons (Fsp3) is 0.208. The standard InChI is InChI=1S/C24H25FN2O5S/c1-24(2,3)27-33(29,30)22-14-16(12-13-21(22)31-4)23(28)26-19-10-5-6-11-20(19)32-18-9-7-8-17(25)15-18/h5-15,27H,1-4H3,(H,26,28). The van der Waals surface area contributed by atoms with Crippen LogP contribution in [0.1, 0.15) is 31.1 Å². The topological polar surface area (TPSA) is 93.7 Å². The van der Waals surface area contributed by atoms with Crippen LogP contribution in [0.5, 0.6) is 17.2 Å². The summed E-state index contributed by atoms with van der Waals surface area (Å²) in [6.07, 6.45) is 0. The Labute approximate surface area is 192 Å². The number of sulfonamides is 1. The molecule has 1 amide bonds. The number of hydrogen-bond acceptors (Lipinski definition) is 5. The SMILES string of the molecule is COc1ccc(C(=O)Nc2ccccc2Oc2cccc(F)c2)cc1S(=O)(=O)NC(C)(C)C. The molecule has 0 radical (unpaired) electrons. The monoisotopic (exact) mass is 472 g/mol. The average molecular weight is 473 g/mol. The second-order valence-electron chi connectivity index (χ2n) is 8.23. The maximum absolute atomic E-state index is 13.5. The highest BCUT2D eigenvalue weighted by Gasteiger charge is 2.26. The molecule has 0 aliphatic heterocycles. The minimum atomic E-state index is -3.96. The third-order valence-corrected chi connectivity index (χ3v) is 6.09. The Balaban J connectivity index is 1.90. The highest BCUT2D eigenvalue weighted by molar-refractivity contribution is 7.89. The molecular formula is C24H25FN2O5S. The van der Waals surface area contributed by atoms with Crippen molar-refractivity contribution < 1.29 is 27.1 Å². The number of halogens is 1. The maximum atomic E-state index is 13.5. The molecule has 0 saturated heterocycles. The van der Waals surface area contributed by atoms with Crippen LogP contribution in [-0.4, -0.2) is 27.0 Å². The average Bonchev–Trinajstić information content (AvgIpc) is 2.73. The van der Waals surface area contributed by atoms with Crippen LogP contribution in [0.4, 0.5) is 10.1 Å². The molecule has 7 nitrogen and oxygen atoms in total. The van der Waals surface area contributed by atoms with Crippen LogP contribution in [0.25, 0.3) is 0 Å². The van der Waals surface area contributed by atoms with Gasteiger partial charge in [0, 0.05) is 17.2 Å². The van der Waals surface area contributed by atoms with Gasteiger partial charge in [0.25, 0.3) is 5.91 Å². The first-order valence-electron chi connectivity index (χ1n) is 10.0. The number of anilines is 1. The number of methoxy groups -OCH3 is 1. The van der Waals surface area contributed by atoms with Crippen LogP contribution in [0.3, 0.4) is 0 Å². The van der Waals surface area contributed by atoms with Gasteiger partial charge in [-0.2, -0.15) is 0 Å². The lowest BCUT2D eigenvalue weighted by atomic mass is 10.1. The predicted molar refractivity (Wildman–Crippen MR) is 124 cm³/mol. The zero-order valence-electron chi connectivity index (χ0n) is 18.7. The second kappa shape index (κ2) is 9.60. The van der Waals surface area contributed by atoms with Crippen molar-refractivity contribution >= 4 is 21.6 Å². The molecule has 0 fully saturated rings. The van der Waals surface area contributed by atoms with Gasteiger partial charge in [0.1, 0.15) is 22.2 Å². The number of hydrogen-bond donors (Lipinski definition) is 2. The molecule has 0 atom stereocenters. The number of benzene rings is 3. The number of para-hydroxylation sites is 2. The van der Waals surface area contributed by atoms with E-state index in [1.807, 2.05) is 0 Å². The van der Waals surface area contributed by atoms with Gasteiger partial charge in [0.05, 0.1) is 12.8 Å². The van der Waals surface area contributed by atoms with Gasteiger partial charge >= 0.3 is 0 Å². The van der Waals surface area contributed by atoms with Gasteiger partial charge in [-0.3, -0.25) is 4.79 Å².